The molecule has 1 unspecified atom stereocenters. The minimum absolute atomic E-state index is 0.140. The first kappa shape index (κ1) is 13.7. The van der Waals surface area contributed by atoms with Crippen molar-refractivity contribution in [1.29, 1.82) is 0 Å². The van der Waals surface area contributed by atoms with Crippen molar-refractivity contribution < 1.29 is 4.39 Å². The van der Waals surface area contributed by atoms with Crippen molar-refractivity contribution in [3.05, 3.63) is 53.1 Å². The van der Waals surface area contributed by atoms with E-state index in [1.165, 1.54) is 5.69 Å². The first-order chi connectivity index (χ1) is 9.11. The first-order valence-corrected chi connectivity index (χ1v) is 6.52. The first-order valence-electron chi connectivity index (χ1n) is 6.52. The number of nitrogens with one attached hydrogen (secondary N) is 1. The molecule has 1 aromatic carbocycles. The molecule has 0 saturated carbocycles. The van der Waals surface area contributed by atoms with E-state index >= 15 is 0 Å². The van der Waals surface area contributed by atoms with Crippen LogP contribution in [-0.2, 0) is 13.5 Å². The molecule has 0 fully saturated rings. The molecule has 0 aliphatic rings. The normalized spacial score (nSPS) is 12.6. The van der Waals surface area contributed by atoms with E-state index in [0.717, 1.165) is 18.4 Å². The van der Waals surface area contributed by atoms with E-state index in [2.05, 4.69) is 10.4 Å². The lowest BCUT2D eigenvalue weighted by Crippen LogP contribution is -2.18. The Morgan fingerprint density at radius 2 is 2.16 bits per heavy atom. The van der Waals surface area contributed by atoms with Crippen molar-refractivity contribution in [3.63, 3.8) is 0 Å². The molecule has 4 heteroatoms. The van der Waals surface area contributed by atoms with E-state index in [9.17, 15) is 4.39 Å². The molecule has 0 aliphatic carbocycles. The number of benzene rings is 1. The summed E-state index contributed by atoms with van der Waals surface area (Å²) in [7, 11) is 3.85. The van der Waals surface area contributed by atoms with Crippen LogP contribution in [0.4, 0.5) is 4.39 Å². The third-order valence-electron chi connectivity index (χ3n) is 3.56. The summed E-state index contributed by atoms with van der Waals surface area (Å²) in [5.41, 5.74) is 2.87. The molecule has 3 nitrogen and oxygen atoms in total. The van der Waals surface area contributed by atoms with Crippen LogP contribution in [0.1, 0.15) is 29.3 Å². The Labute approximate surface area is 113 Å². The lowest BCUT2D eigenvalue weighted by atomic mass is 10.00. The van der Waals surface area contributed by atoms with Crippen LogP contribution in [-0.4, -0.2) is 16.8 Å². The van der Waals surface area contributed by atoms with E-state index in [-0.39, 0.29) is 11.9 Å². The third-order valence-corrected chi connectivity index (χ3v) is 3.56. The average molecular weight is 261 g/mol. The SMILES string of the molecule is CNC(CCc1ccnn1C)c1ccc(C)c(F)c1. The highest BCUT2D eigenvalue weighted by atomic mass is 19.1. The summed E-state index contributed by atoms with van der Waals surface area (Å²) in [5.74, 6) is -0.140. The molecule has 2 aromatic rings. The summed E-state index contributed by atoms with van der Waals surface area (Å²) in [6, 6.07) is 7.62. The predicted octanol–water partition coefficient (Wildman–Crippen LogP) is 2.76. The number of nitrogens with zero attached hydrogens (tertiary/aromatic N) is 2. The molecular formula is C15H20FN3. The van der Waals surface area contributed by atoms with Crippen molar-refractivity contribution in [1.82, 2.24) is 15.1 Å². The lowest BCUT2D eigenvalue weighted by molar-refractivity contribution is 0.529. The van der Waals surface area contributed by atoms with Crippen LogP contribution in [0.5, 0.6) is 0 Å². The number of halogens is 1. The zero-order chi connectivity index (χ0) is 13.8. The van der Waals surface area contributed by atoms with E-state index < -0.39 is 0 Å². The topological polar surface area (TPSA) is 29.9 Å². The van der Waals surface area contributed by atoms with Gasteiger partial charge in [-0.2, -0.15) is 5.10 Å². The maximum absolute atomic E-state index is 13.6. The van der Waals surface area contributed by atoms with Crippen LogP contribution in [0, 0.1) is 12.7 Å². The number of hydrogen-bond acceptors (Lipinski definition) is 2. The molecular weight excluding hydrogens is 241 g/mol. The van der Waals surface area contributed by atoms with E-state index in [1.54, 1.807) is 19.2 Å². The quantitative estimate of drug-likeness (QED) is 0.897. The van der Waals surface area contributed by atoms with E-state index in [4.69, 9.17) is 0 Å². The van der Waals surface area contributed by atoms with Crippen molar-refractivity contribution in [2.45, 2.75) is 25.8 Å². The summed E-state index contributed by atoms with van der Waals surface area (Å²) < 4.78 is 15.5. The summed E-state index contributed by atoms with van der Waals surface area (Å²) >= 11 is 0. The van der Waals surface area contributed by atoms with E-state index in [1.807, 2.05) is 37.0 Å². The zero-order valence-corrected chi connectivity index (χ0v) is 11.7. The maximum atomic E-state index is 13.6. The van der Waals surface area contributed by atoms with Crippen molar-refractivity contribution in [2.75, 3.05) is 7.05 Å². The lowest BCUT2D eigenvalue weighted by Gasteiger charge is -2.17. The Hall–Kier alpha value is -1.68. The highest BCUT2D eigenvalue weighted by Crippen LogP contribution is 2.21. The minimum atomic E-state index is -0.140. The number of aryl methyl sites for hydroxylation is 3. The van der Waals surface area contributed by atoms with Crippen molar-refractivity contribution in [3.8, 4) is 0 Å². The molecule has 0 saturated heterocycles. The average Bonchev–Trinajstić information content (AvgIpc) is 2.80. The van der Waals surface area contributed by atoms with Gasteiger partial charge >= 0.3 is 0 Å². The molecule has 102 valence electrons. The summed E-state index contributed by atoms with van der Waals surface area (Å²) in [4.78, 5) is 0. The van der Waals surface area contributed by atoms with Gasteiger partial charge in [0.05, 0.1) is 0 Å². The summed E-state index contributed by atoms with van der Waals surface area (Å²) in [6.07, 6.45) is 3.63. The van der Waals surface area contributed by atoms with Gasteiger partial charge in [-0.15, -0.1) is 0 Å². The second-order valence-corrected chi connectivity index (χ2v) is 4.83. The molecule has 0 aliphatic heterocycles. The van der Waals surface area contributed by atoms with Crippen molar-refractivity contribution >= 4 is 0 Å². The molecule has 0 bridgehead atoms. The Kier molecular flexibility index (Phi) is 4.32. The standard InChI is InChI=1S/C15H20FN3/c1-11-4-5-12(10-14(11)16)15(17-2)7-6-13-8-9-18-19(13)3/h4-5,8-10,15,17H,6-7H2,1-3H3. The summed E-state index contributed by atoms with van der Waals surface area (Å²) in [6.45, 7) is 1.78. The molecule has 1 aromatic heterocycles. The second-order valence-electron chi connectivity index (χ2n) is 4.83. The Morgan fingerprint density at radius 3 is 2.74 bits per heavy atom. The fourth-order valence-electron chi connectivity index (χ4n) is 2.24. The van der Waals surface area contributed by atoms with Crippen molar-refractivity contribution in [2.24, 2.45) is 7.05 Å². The number of aromatic nitrogens is 2. The number of hydrogen-bond donors (Lipinski definition) is 1. The zero-order valence-electron chi connectivity index (χ0n) is 11.7. The van der Waals surface area contributed by atoms with Gasteiger partial charge in [-0.3, -0.25) is 4.68 Å². The van der Waals surface area contributed by atoms with Gasteiger partial charge in [-0.1, -0.05) is 12.1 Å². The molecule has 1 heterocycles. The fraction of sp³-hybridized carbons (Fsp3) is 0.400. The van der Waals surface area contributed by atoms with Gasteiger partial charge in [0.25, 0.3) is 0 Å². The Balaban J connectivity index is 2.07. The highest BCUT2D eigenvalue weighted by Gasteiger charge is 2.12. The van der Waals surface area contributed by atoms with Gasteiger partial charge in [-0.05, 0) is 50.1 Å². The van der Waals surface area contributed by atoms with E-state index in [0.29, 0.717) is 5.56 Å². The minimum Gasteiger partial charge on any atom is -0.313 e. The van der Waals surface area contributed by atoms with Gasteiger partial charge in [0.1, 0.15) is 5.82 Å². The molecule has 0 amide bonds. The van der Waals surface area contributed by atoms with Crippen LogP contribution < -0.4 is 5.32 Å². The largest absolute Gasteiger partial charge is 0.313 e. The van der Waals surface area contributed by atoms with Gasteiger partial charge in [0.15, 0.2) is 0 Å². The molecule has 2 rings (SSSR count). The van der Waals surface area contributed by atoms with Gasteiger partial charge in [0, 0.05) is 25.0 Å². The van der Waals surface area contributed by atoms with Gasteiger partial charge < -0.3 is 5.32 Å². The monoisotopic (exact) mass is 261 g/mol. The molecule has 1 atom stereocenters. The fourth-order valence-corrected chi connectivity index (χ4v) is 2.24. The summed E-state index contributed by atoms with van der Waals surface area (Å²) in [5, 5.41) is 7.41. The second kappa shape index (κ2) is 5.97. The van der Waals surface area contributed by atoms with Crippen LogP contribution in [0.2, 0.25) is 0 Å². The predicted molar refractivity (Wildman–Crippen MR) is 74.5 cm³/mol. The van der Waals surface area contributed by atoms with Crippen LogP contribution in [0.3, 0.4) is 0 Å². The Bertz CT molecular complexity index is 548. The molecule has 19 heavy (non-hydrogen) atoms. The van der Waals surface area contributed by atoms with Crippen LogP contribution in [0.25, 0.3) is 0 Å². The maximum Gasteiger partial charge on any atom is 0.126 e. The molecule has 1 N–H and O–H groups in total. The molecule has 0 radical (unpaired) electrons. The smallest absolute Gasteiger partial charge is 0.126 e. The van der Waals surface area contributed by atoms with Gasteiger partial charge in [-0.25, -0.2) is 4.39 Å². The van der Waals surface area contributed by atoms with Crippen LogP contribution >= 0.6 is 0 Å². The van der Waals surface area contributed by atoms with Gasteiger partial charge in [0.2, 0.25) is 0 Å². The Morgan fingerprint density at radius 1 is 1.37 bits per heavy atom. The molecule has 0 spiro atoms. The third kappa shape index (κ3) is 3.20. The van der Waals surface area contributed by atoms with Crippen LogP contribution in [0.15, 0.2) is 30.5 Å². The number of rotatable bonds is 5. The highest BCUT2D eigenvalue weighted by molar-refractivity contribution is 5.26.